The highest BCUT2D eigenvalue weighted by Crippen LogP contribution is 2.30. The molecule has 0 saturated heterocycles. The molecule has 1 unspecified atom stereocenters. The highest BCUT2D eigenvalue weighted by Gasteiger charge is 2.28. The third-order valence-corrected chi connectivity index (χ3v) is 8.66. The molecular weight excluding hydrogens is 342 g/mol. The first-order valence-electron chi connectivity index (χ1n) is 7.81. The lowest BCUT2D eigenvalue weighted by Crippen LogP contribution is -2.11. The molecule has 1 atom stereocenters. The molecule has 1 aliphatic rings. The van der Waals surface area contributed by atoms with Gasteiger partial charge in [-0.15, -0.1) is 3.77 Å². The Hall–Kier alpha value is -1.66. The summed E-state index contributed by atoms with van der Waals surface area (Å²) < 4.78 is 42.2. The number of nitrogens with zero attached hydrogens (tertiary/aromatic N) is 1. The first kappa shape index (κ1) is 17.2. The molecule has 3 rings (SSSR count). The predicted molar refractivity (Wildman–Crippen MR) is 96.2 cm³/mol. The van der Waals surface area contributed by atoms with Gasteiger partial charge in [-0.05, 0) is 41.2 Å². The second kappa shape index (κ2) is 5.70. The molecule has 0 aromatic heterocycles. The average molecular weight is 364 g/mol. The van der Waals surface area contributed by atoms with E-state index in [-0.39, 0.29) is 16.1 Å². The van der Waals surface area contributed by atoms with Crippen molar-refractivity contribution in [1.29, 1.82) is 0 Å². The third-order valence-electron chi connectivity index (χ3n) is 4.20. The Balaban J connectivity index is 2.05. The van der Waals surface area contributed by atoms with E-state index in [9.17, 15) is 12.6 Å². The van der Waals surface area contributed by atoms with Gasteiger partial charge >= 0.3 is 0 Å². The van der Waals surface area contributed by atoms with E-state index in [1.807, 2.05) is 12.1 Å². The van der Waals surface area contributed by atoms with Crippen molar-refractivity contribution in [2.45, 2.75) is 42.4 Å². The monoisotopic (exact) mass is 363 g/mol. The smallest absolute Gasteiger partial charge is 0.244 e. The highest BCUT2D eigenvalue weighted by molar-refractivity contribution is 8.03. The minimum Gasteiger partial charge on any atom is -0.244 e. The molecule has 0 aliphatic carbocycles. The van der Waals surface area contributed by atoms with Gasteiger partial charge in [0.15, 0.2) is 0 Å². The zero-order valence-electron chi connectivity index (χ0n) is 14.0. The molecule has 4 nitrogen and oxygen atoms in total. The van der Waals surface area contributed by atoms with Crippen LogP contribution in [0.3, 0.4) is 0 Å². The lowest BCUT2D eigenvalue weighted by molar-refractivity contribution is 0.586. The molecule has 128 valence electrons. The van der Waals surface area contributed by atoms with Gasteiger partial charge in [0.1, 0.15) is 0 Å². The first-order chi connectivity index (χ1) is 11.1. The van der Waals surface area contributed by atoms with Gasteiger partial charge in [-0.25, -0.2) is 4.21 Å². The SMILES string of the molecule is CC(C)(C)c1ccc(S(=O)(=O)N=S2(=O)CCc3ccccc32)cc1. The molecule has 2 aromatic carbocycles. The molecular formula is C18H21NO3S2. The van der Waals surface area contributed by atoms with Crippen LogP contribution in [-0.2, 0) is 31.6 Å². The Morgan fingerprint density at radius 2 is 1.62 bits per heavy atom. The number of benzene rings is 2. The van der Waals surface area contributed by atoms with Crippen molar-refractivity contribution in [2.24, 2.45) is 3.77 Å². The van der Waals surface area contributed by atoms with E-state index < -0.39 is 19.8 Å². The van der Waals surface area contributed by atoms with E-state index in [2.05, 4.69) is 24.5 Å². The van der Waals surface area contributed by atoms with E-state index in [0.29, 0.717) is 11.3 Å². The van der Waals surface area contributed by atoms with Crippen LogP contribution >= 0.6 is 0 Å². The summed E-state index contributed by atoms with van der Waals surface area (Å²) in [6.45, 7) is 6.19. The van der Waals surface area contributed by atoms with Gasteiger partial charge in [-0.3, -0.25) is 0 Å². The van der Waals surface area contributed by atoms with Crippen LogP contribution in [0.15, 0.2) is 62.1 Å². The molecule has 0 spiro atoms. The number of hydrogen-bond donors (Lipinski definition) is 0. The van der Waals surface area contributed by atoms with E-state index >= 15 is 0 Å². The van der Waals surface area contributed by atoms with Crippen LogP contribution in [0.4, 0.5) is 0 Å². The Labute approximate surface area is 144 Å². The van der Waals surface area contributed by atoms with Crippen LogP contribution in [0.25, 0.3) is 0 Å². The standard InChI is InChI=1S/C18H21NO3S2/c1-18(2,3)15-8-10-16(11-9-15)24(21,22)19-23(20)13-12-14-6-4-5-7-17(14)23/h4-11H,12-13H2,1-3H3. The quantitative estimate of drug-likeness (QED) is 0.816. The van der Waals surface area contributed by atoms with Gasteiger partial charge < -0.3 is 0 Å². The molecule has 6 heteroatoms. The summed E-state index contributed by atoms with van der Waals surface area (Å²) in [5, 5.41) is 0. The Bertz CT molecular complexity index is 991. The van der Waals surface area contributed by atoms with Crippen LogP contribution in [0, 0.1) is 0 Å². The molecule has 2 aromatic rings. The lowest BCUT2D eigenvalue weighted by atomic mass is 9.87. The first-order valence-corrected chi connectivity index (χ1v) is 10.9. The van der Waals surface area contributed by atoms with Crippen molar-refractivity contribution in [3.63, 3.8) is 0 Å². The van der Waals surface area contributed by atoms with E-state index in [4.69, 9.17) is 0 Å². The summed E-state index contributed by atoms with van der Waals surface area (Å²) in [4.78, 5) is 0.641. The second-order valence-corrected chi connectivity index (χ2v) is 11.2. The van der Waals surface area contributed by atoms with Crippen molar-refractivity contribution in [3.05, 3.63) is 59.7 Å². The van der Waals surface area contributed by atoms with Crippen LogP contribution in [0.1, 0.15) is 31.9 Å². The van der Waals surface area contributed by atoms with Gasteiger partial charge in [0.05, 0.1) is 19.5 Å². The van der Waals surface area contributed by atoms with Gasteiger partial charge in [-0.1, -0.05) is 51.1 Å². The van der Waals surface area contributed by atoms with E-state index in [0.717, 1.165) is 11.1 Å². The van der Waals surface area contributed by atoms with Gasteiger partial charge in [0.25, 0.3) is 10.0 Å². The number of hydrogen-bond acceptors (Lipinski definition) is 3. The van der Waals surface area contributed by atoms with Crippen LogP contribution in [0.5, 0.6) is 0 Å². The van der Waals surface area contributed by atoms with E-state index in [1.54, 1.807) is 36.4 Å². The van der Waals surface area contributed by atoms with Crippen molar-refractivity contribution in [1.82, 2.24) is 0 Å². The summed E-state index contributed by atoms with van der Waals surface area (Å²) in [6, 6.07) is 13.9. The summed E-state index contributed by atoms with van der Waals surface area (Å²) >= 11 is 0. The number of sulfonamides is 1. The highest BCUT2D eigenvalue weighted by atomic mass is 32.3. The zero-order chi connectivity index (χ0) is 17.6. The molecule has 24 heavy (non-hydrogen) atoms. The maximum Gasteiger partial charge on any atom is 0.290 e. The molecule has 1 aliphatic heterocycles. The van der Waals surface area contributed by atoms with Gasteiger partial charge in [-0.2, -0.15) is 8.42 Å². The van der Waals surface area contributed by atoms with Gasteiger partial charge in [0, 0.05) is 5.75 Å². The third kappa shape index (κ3) is 3.13. The molecule has 0 saturated carbocycles. The molecule has 1 heterocycles. The number of rotatable bonds is 2. The van der Waals surface area contributed by atoms with Crippen LogP contribution in [-0.4, -0.2) is 18.4 Å². The maximum atomic E-state index is 13.1. The largest absolute Gasteiger partial charge is 0.290 e. The Morgan fingerprint density at radius 3 is 2.25 bits per heavy atom. The van der Waals surface area contributed by atoms with E-state index in [1.165, 1.54) is 0 Å². The minimum atomic E-state index is -3.96. The fraction of sp³-hybridized carbons (Fsp3) is 0.333. The predicted octanol–water partition coefficient (Wildman–Crippen LogP) is 3.76. The van der Waals surface area contributed by atoms with Crippen molar-refractivity contribution < 1.29 is 12.6 Å². The van der Waals surface area contributed by atoms with Crippen molar-refractivity contribution in [2.75, 3.05) is 5.75 Å². The van der Waals surface area contributed by atoms with Crippen molar-refractivity contribution >= 4 is 19.8 Å². The normalized spacial score (nSPS) is 20.6. The zero-order valence-corrected chi connectivity index (χ0v) is 15.7. The summed E-state index contributed by atoms with van der Waals surface area (Å²) in [5.41, 5.74) is 1.90. The number of fused-ring (bicyclic) bond motifs is 1. The molecule has 0 fully saturated rings. The molecule has 0 N–H and O–H groups in total. The summed E-state index contributed by atoms with van der Waals surface area (Å²) in [5.74, 6) is 0.256. The summed E-state index contributed by atoms with van der Waals surface area (Å²) in [6.07, 6.45) is 0.594. The Morgan fingerprint density at radius 1 is 1.00 bits per heavy atom. The number of aryl methyl sites for hydroxylation is 1. The second-order valence-electron chi connectivity index (χ2n) is 7.03. The fourth-order valence-corrected chi connectivity index (χ4v) is 7.08. The van der Waals surface area contributed by atoms with Crippen molar-refractivity contribution in [3.8, 4) is 0 Å². The molecule has 0 radical (unpaired) electrons. The van der Waals surface area contributed by atoms with Gasteiger partial charge in [0.2, 0.25) is 0 Å². The van der Waals surface area contributed by atoms with Crippen LogP contribution < -0.4 is 0 Å². The maximum absolute atomic E-state index is 13.1. The lowest BCUT2D eigenvalue weighted by Gasteiger charge is -2.18. The van der Waals surface area contributed by atoms with Crippen LogP contribution in [0.2, 0.25) is 0 Å². The average Bonchev–Trinajstić information content (AvgIpc) is 2.83. The minimum absolute atomic E-state index is 0.0607. The Kier molecular flexibility index (Phi) is 4.08. The molecule has 0 amide bonds. The summed E-state index contributed by atoms with van der Waals surface area (Å²) in [7, 11) is -6.88. The molecule has 0 bridgehead atoms. The topological polar surface area (TPSA) is 63.6 Å². The fourth-order valence-electron chi connectivity index (χ4n) is 2.79.